The fraction of sp³-hybridized carbons (Fsp3) is 0.286. The van der Waals surface area contributed by atoms with Gasteiger partial charge in [0, 0.05) is 10.8 Å². The van der Waals surface area contributed by atoms with Gasteiger partial charge in [0.25, 0.3) is 5.91 Å². The third-order valence-electron chi connectivity index (χ3n) is 2.66. The van der Waals surface area contributed by atoms with Crippen LogP contribution in [0.15, 0.2) is 16.3 Å². The van der Waals surface area contributed by atoms with Crippen molar-refractivity contribution in [3.05, 3.63) is 33.1 Å². The van der Waals surface area contributed by atoms with Crippen molar-refractivity contribution in [1.29, 1.82) is 0 Å². The lowest BCUT2D eigenvalue weighted by molar-refractivity contribution is 0.0481. The van der Waals surface area contributed by atoms with Gasteiger partial charge in [-0.15, -0.1) is 22.7 Å². The molecular weight excluding hydrogens is 340 g/mol. The van der Waals surface area contributed by atoms with E-state index in [1.54, 1.807) is 19.2 Å². The van der Waals surface area contributed by atoms with Crippen molar-refractivity contribution in [2.75, 3.05) is 18.5 Å². The van der Waals surface area contributed by atoms with Crippen LogP contribution in [0.5, 0.6) is 0 Å². The van der Waals surface area contributed by atoms with Gasteiger partial charge in [0.05, 0.1) is 24.3 Å². The van der Waals surface area contributed by atoms with E-state index in [4.69, 9.17) is 9.47 Å². The quantitative estimate of drug-likeness (QED) is 0.802. The molecule has 0 aliphatic carbocycles. The molecule has 7 nitrogen and oxygen atoms in total. The van der Waals surface area contributed by atoms with E-state index in [9.17, 15) is 14.4 Å². The highest BCUT2D eigenvalue weighted by Crippen LogP contribution is 2.30. The Morgan fingerprint density at radius 1 is 1.13 bits per heavy atom. The molecule has 0 unspecified atom stereocenters. The number of thiazole rings is 1. The first-order valence-electron chi connectivity index (χ1n) is 6.73. The van der Waals surface area contributed by atoms with E-state index < -0.39 is 17.8 Å². The minimum Gasteiger partial charge on any atom is -0.462 e. The minimum absolute atomic E-state index is 0.00104. The summed E-state index contributed by atoms with van der Waals surface area (Å²) in [6, 6.07) is 0. The molecule has 0 fully saturated rings. The Morgan fingerprint density at radius 2 is 1.83 bits per heavy atom. The molecule has 0 saturated carbocycles. The highest BCUT2D eigenvalue weighted by atomic mass is 32.1. The number of carbonyl (C=O) groups is 3. The number of nitrogens with zero attached hydrogens (tertiary/aromatic N) is 1. The summed E-state index contributed by atoms with van der Waals surface area (Å²) in [5.41, 5.74) is 1.83. The summed E-state index contributed by atoms with van der Waals surface area (Å²) in [4.78, 5) is 40.1. The second kappa shape index (κ2) is 7.84. The fourth-order valence-corrected chi connectivity index (χ4v) is 3.15. The standard InChI is InChI=1S/C14H14N2O5S2/c1-3-20-13(18)8-5-23-12(10(8)14(19)21-4-2)16-11(17)9-6-22-7-15-9/h5-7H,3-4H2,1-2H3,(H,16,17). The Bertz CT molecular complexity index is 709. The molecule has 1 amide bonds. The van der Waals surface area contributed by atoms with E-state index in [1.165, 1.54) is 22.2 Å². The Kier molecular flexibility index (Phi) is 5.83. The molecule has 0 atom stereocenters. The van der Waals surface area contributed by atoms with Crippen LogP contribution in [0.2, 0.25) is 0 Å². The lowest BCUT2D eigenvalue weighted by Gasteiger charge is -2.07. The van der Waals surface area contributed by atoms with Gasteiger partial charge in [0.2, 0.25) is 0 Å². The van der Waals surface area contributed by atoms with Gasteiger partial charge < -0.3 is 14.8 Å². The third-order valence-corrected chi connectivity index (χ3v) is 4.14. The Balaban J connectivity index is 2.33. The molecule has 9 heteroatoms. The summed E-state index contributed by atoms with van der Waals surface area (Å²) in [6.07, 6.45) is 0. The van der Waals surface area contributed by atoms with Crippen LogP contribution in [-0.4, -0.2) is 36.0 Å². The molecule has 122 valence electrons. The van der Waals surface area contributed by atoms with Crippen molar-refractivity contribution >= 4 is 45.5 Å². The average Bonchev–Trinajstić information content (AvgIpc) is 3.17. The van der Waals surface area contributed by atoms with Crippen LogP contribution in [0.4, 0.5) is 5.00 Å². The SMILES string of the molecule is CCOC(=O)c1csc(NC(=O)c2cscn2)c1C(=O)OCC. The fourth-order valence-electron chi connectivity index (χ4n) is 1.71. The third kappa shape index (κ3) is 3.93. The van der Waals surface area contributed by atoms with Crippen LogP contribution >= 0.6 is 22.7 Å². The van der Waals surface area contributed by atoms with Crippen molar-refractivity contribution in [1.82, 2.24) is 4.98 Å². The molecule has 0 aliphatic rings. The van der Waals surface area contributed by atoms with Gasteiger partial charge in [0.1, 0.15) is 16.3 Å². The topological polar surface area (TPSA) is 94.6 Å². The lowest BCUT2D eigenvalue weighted by Crippen LogP contribution is -2.17. The number of thiophene rings is 1. The number of esters is 2. The van der Waals surface area contributed by atoms with E-state index in [1.807, 2.05) is 0 Å². The number of hydrogen-bond acceptors (Lipinski definition) is 8. The van der Waals surface area contributed by atoms with Crippen molar-refractivity contribution < 1.29 is 23.9 Å². The normalized spacial score (nSPS) is 10.2. The van der Waals surface area contributed by atoms with Crippen molar-refractivity contribution in [3.8, 4) is 0 Å². The van der Waals surface area contributed by atoms with E-state index in [0.717, 1.165) is 11.3 Å². The number of aromatic nitrogens is 1. The first-order chi connectivity index (χ1) is 11.1. The molecule has 1 N–H and O–H groups in total. The molecule has 0 spiro atoms. The number of nitrogens with one attached hydrogen (secondary N) is 1. The summed E-state index contributed by atoms with van der Waals surface area (Å²) in [5, 5.41) is 5.85. The summed E-state index contributed by atoms with van der Waals surface area (Å²) in [6.45, 7) is 3.65. The average molecular weight is 354 g/mol. The highest BCUT2D eigenvalue weighted by Gasteiger charge is 2.27. The van der Waals surface area contributed by atoms with E-state index in [-0.39, 0.29) is 35.0 Å². The van der Waals surface area contributed by atoms with E-state index >= 15 is 0 Å². The van der Waals surface area contributed by atoms with Crippen LogP contribution in [0.1, 0.15) is 45.1 Å². The van der Waals surface area contributed by atoms with Crippen molar-refractivity contribution in [2.45, 2.75) is 13.8 Å². The Labute approximate surface area is 140 Å². The van der Waals surface area contributed by atoms with E-state index in [2.05, 4.69) is 10.3 Å². The minimum atomic E-state index is -0.689. The highest BCUT2D eigenvalue weighted by molar-refractivity contribution is 7.15. The number of rotatable bonds is 6. The molecule has 2 heterocycles. The summed E-state index contributed by atoms with van der Waals surface area (Å²) in [5.74, 6) is -1.79. The van der Waals surface area contributed by atoms with Crippen LogP contribution < -0.4 is 5.32 Å². The molecule has 0 aromatic carbocycles. The maximum Gasteiger partial charge on any atom is 0.342 e. The summed E-state index contributed by atoms with van der Waals surface area (Å²) in [7, 11) is 0. The zero-order chi connectivity index (χ0) is 16.8. The largest absolute Gasteiger partial charge is 0.462 e. The van der Waals surface area contributed by atoms with Gasteiger partial charge >= 0.3 is 11.9 Å². The predicted octanol–water partition coefficient (Wildman–Crippen LogP) is 2.81. The maximum atomic E-state index is 12.1. The van der Waals surface area contributed by atoms with Gasteiger partial charge in [0.15, 0.2) is 0 Å². The molecule has 0 radical (unpaired) electrons. The Morgan fingerprint density at radius 3 is 2.43 bits per heavy atom. The summed E-state index contributed by atoms with van der Waals surface area (Å²) >= 11 is 2.33. The number of carbonyl (C=O) groups excluding carboxylic acids is 3. The molecule has 0 aliphatic heterocycles. The van der Waals surface area contributed by atoms with Gasteiger partial charge in [-0.3, -0.25) is 4.79 Å². The molecule has 2 rings (SSSR count). The predicted molar refractivity (Wildman–Crippen MR) is 86.3 cm³/mol. The smallest absolute Gasteiger partial charge is 0.342 e. The van der Waals surface area contributed by atoms with Crippen molar-refractivity contribution in [2.24, 2.45) is 0 Å². The van der Waals surface area contributed by atoms with Crippen LogP contribution in [0.25, 0.3) is 0 Å². The number of amides is 1. The lowest BCUT2D eigenvalue weighted by atomic mass is 10.2. The molecular formula is C14H14N2O5S2. The van der Waals surface area contributed by atoms with Crippen LogP contribution in [-0.2, 0) is 9.47 Å². The first kappa shape index (κ1) is 17.1. The number of anilines is 1. The van der Waals surface area contributed by atoms with Gasteiger partial charge in [-0.2, -0.15) is 0 Å². The van der Waals surface area contributed by atoms with Gasteiger partial charge in [-0.25, -0.2) is 14.6 Å². The second-order valence-corrected chi connectivity index (χ2v) is 5.72. The molecule has 0 saturated heterocycles. The van der Waals surface area contributed by atoms with Crippen LogP contribution in [0, 0.1) is 0 Å². The zero-order valence-electron chi connectivity index (χ0n) is 12.5. The summed E-state index contributed by atoms with van der Waals surface area (Å²) < 4.78 is 9.89. The number of hydrogen-bond donors (Lipinski definition) is 1. The van der Waals surface area contributed by atoms with Crippen LogP contribution in [0.3, 0.4) is 0 Å². The molecule has 2 aromatic heterocycles. The molecule has 23 heavy (non-hydrogen) atoms. The van der Waals surface area contributed by atoms with Gasteiger partial charge in [-0.05, 0) is 13.8 Å². The molecule has 0 bridgehead atoms. The van der Waals surface area contributed by atoms with Gasteiger partial charge in [-0.1, -0.05) is 0 Å². The molecule has 2 aromatic rings. The second-order valence-electron chi connectivity index (χ2n) is 4.12. The first-order valence-corrected chi connectivity index (χ1v) is 8.56. The van der Waals surface area contributed by atoms with Crippen molar-refractivity contribution in [3.63, 3.8) is 0 Å². The monoisotopic (exact) mass is 354 g/mol. The Hall–Kier alpha value is -2.26. The van der Waals surface area contributed by atoms with E-state index in [0.29, 0.717) is 0 Å². The number of ether oxygens (including phenoxy) is 2. The maximum absolute atomic E-state index is 12.1. The zero-order valence-corrected chi connectivity index (χ0v) is 14.1.